The van der Waals surface area contributed by atoms with Crippen molar-refractivity contribution in [2.45, 2.75) is 6.92 Å². The third-order valence-electron chi connectivity index (χ3n) is 2.08. The van der Waals surface area contributed by atoms with Crippen molar-refractivity contribution in [1.29, 1.82) is 0 Å². The van der Waals surface area contributed by atoms with Crippen LogP contribution in [0.5, 0.6) is 0 Å². The van der Waals surface area contributed by atoms with Gasteiger partial charge in [0.2, 0.25) is 0 Å². The van der Waals surface area contributed by atoms with Gasteiger partial charge in [-0.25, -0.2) is 9.37 Å². The van der Waals surface area contributed by atoms with Crippen molar-refractivity contribution in [2.75, 3.05) is 5.73 Å². The highest BCUT2D eigenvalue weighted by Gasteiger charge is 2.03. The highest BCUT2D eigenvalue weighted by atomic mass is 19.1. The zero-order valence-corrected chi connectivity index (χ0v) is 7.21. The molecule has 0 bridgehead atoms. The predicted octanol–water partition coefficient (Wildman–Crippen LogP) is 2.26. The molecule has 0 radical (unpaired) electrons. The Labute approximate surface area is 75.2 Å². The van der Waals surface area contributed by atoms with Crippen LogP contribution >= 0.6 is 0 Å². The number of nitrogens with zero attached hydrogens (tertiary/aromatic N) is 1. The van der Waals surface area contributed by atoms with Crippen LogP contribution < -0.4 is 5.73 Å². The van der Waals surface area contributed by atoms with Gasteiger partial charge >= 0.3 is 0 Å². The number of nitrogens with two attached hydrogens (primary N) is 1. The second kappa shape index (κ2) is 2.69. The number of aryl methyl sites for hydroxylation is 1. The van der Waals surface area contributed by atoms with E-state index in [4.69, 9.17) is 5.73 Å². The molecule has 0 aliphatic carbocycles. The van der Waals surface area contributed by atoms with Crippen LogP contribution in [0, 0.1) is 12.7 Å². The summed E-state index contributed by atoms with van der Waals surface area (Å²) in [5, 5.41) is 1.63. The van der Waals surface area contributed by atoms with Crippen molar-refractivity contribution in [3.63, 3.8) is 0 Å². The number of pyridine rings is 1. The van der Waals surface area contributed by atoms with E-state index in [0.717, 1.165) is 10.9 Å². The fourth-order valence-electron chi connectivity index (χ4n) is 1.45. The van der Waals surface area contributed by atoms with Gasteiger partial charge in [0, 0.05) is 11.6 Å². The number of rotatable bonds is 0. The monoisotopic (exact) mass is 176 g/mol. The molecular weight excluding hydrogens is 167 g/mol. The first-order valence-corrected chi connectivity index (χ1v) is 3.99. The van der Waals surface area contributed by atoms with E-state index in [-0.39, 0.29) is 5.82 Å². The number of aromatic nitrogens is 1. The average Bonchev–Trinajstić information content (AvgIpc) is 2.07. The summed E-state index contributed by atoms with van der Waals surface area (Å²) in [6, 6.07) is 4.73. The Balaban J connectivity index is 2.94. The summed E-state index contributed by atoms with van der Waals surface area (Å²) >= 11 is 0. The highest BCUT2D eigenvalue weighted by Crippen LogP contribution is 2.22. The van der Waals surface area contributed by atoms with Crippen LogP contribution in [0.2, 0.25) is 0 Å². The van der Waals surface area contributed by atoms with Gasteiger partial charge in [-0.05, 0) is 36.1 Å². The normalized spacial score (nSPS) is 10.6. The summed E-state index contributed by atoms with van der Waals surface area (Å²) < 4.78 is 13.0. The van der Waals surface area contributed by atoms with Gasteiger partial charge in [-0.2, -0.15) is 0 Å². The standard InChI is InChI=1S/C10H9FN2/c1-6-4-7(11)5-9-8(6)2-3-13-10(9)12/h2-5H,1H3,(H2,12,13). The lowest BCUT2D eigenvalue weighted by molar-refractivity contribution is 0.628. The summed E-state index contributed by atoms with van der Waals surface area (Å²) in [5.41, 5.74) is 6.50. The summed E-state index contributed by atoms with van der Waals surface area (Å²) in [4.78, 5) is 3.90. The zero-order chi connectivity index (χ0) is 9.42. The maximum atomic E-state index is 13.0. The van der Waals surface area contributed by atoms with Crippen molar-refractivity contribution in [3.8, 4) is 0 Å². The molecule has 0 saturated heterocycles. The van der Waals surface area contributed by atoms with Crippen LogP contribution in [0.3, 0.4) is 0 Å². The minimum Gasteiger partial charge on any atom is -0.383 e. The Morgan fingerprint density at radius 2 is 2.08 bits per heavy atom. The smallest absolute Gasteiger partial charge is 0.131 e. The lowest BCUT2D eigenvalue weighted by atomic mass is 10.1. The minimum absolute atomic E-state index is 0.273. The Kier molecular flexibility index (Phi) is 1.65. The fourth-order valence-corrected chi connectivity index (χ4v) is 1.45. The van der Waals surface area contributed by atoms with Crippen LogP contribution in [-0.4, -0.2) is 4.98 Å². The Hall–Kier alpha value is -1.64. The van der Waals surface area contributed by atoms with Gasteiger partial charge in [0.15, 0.2) is 0 Å². The molecule has 2 rings (SSSR count). The predicted molar refractivity (Wildman–Crippen MR) is 50.9 cm³/mol. The molecule has 0 fully saturated rings. The van der Waals surface area contributed by atoms with Crippen LogP contribution in [-0.2, 0) is 0 Å². The molecule has 1 aromatic carbocycles. The summed E-state index contributed by atoms with van der Waals surface area (Å²) in [6.45, 7) is 1.85. The van der Waals surface area contributed by atoms with E-state index in [1.165, 1.54) is 12.1 Å². The van der Waals surface area contributed by atoms with E-state index in [9.17, 15) is 4.39 Å². The third kappa shape index (κ3) is 1.22. The molecule has 0 spiro atoms. The highest BCUT2D eigenvalue weighted by molar-refractivity contribution is 5.92. The Morgan fingerprint density at radius 1 is 1.31 bits per heavy atom. The molecule has 0 atom stereocenters. The molecule has 2 aromatic rings. The van der Waals surface area contributed by atoms with E-state index < -0.39 is 0 Å². The maximum absolute atomic E-state index is 13.0. The van der Waals surface area contributed by atoms with E-state index >= 15 is 0 Å². The van der Waals surface area contributed by atoms with Crippen LogP contribution in [0.1, 0.15) is 5.56 Å². The number of nitrogen functional groups attached to an aromatic ring is 1. The number of hydrogen-bond donors (Lipinski definition) is 1. The average molecular weight is 176 g/mol. The zero-order valence-electron chi connectivity index (χ0n) is 7.21. The molecule has 0 aliphatic rings. The molecule has 0 amide bonds. The number of hydrogen-bond acceptors (Lipinski definition) is 2. The lowest BCUT2D eigenvalue weighted by Crippen LogP contribution is -1.92. The fraction of sp³-hybridized carbons (Fsp3) is 0.100. The maximum Gasteiger partial charge on any atom is 0.131 e. The SMILES string of the molecule is Cc1cc(F)cc2c(N)nccc12. The van der Waals surface area contributed by atoms with E-state index in [0.29, 0.717) is 11.2 Å². The molecule has 0 unspecified atom stereocenters. The molecule has 1 heterocycles. The van der Waals surface area contributed by atoms with Crippen molar-refractivity contribution >= 4 is 16.6 Å². The molecule has 3 heteroatoms. The summed E-state index contributed by atoms with van der Waals surface area (Å²) in [6.07, 6.45) is 1.63. The van der Waals surface area contributed by atoms with Crippen LogP contribution in [0.4, 0.5) is 10.2 Å². The van der Waals surface area contributed by atoms with Gasteiger partial charge < -0.3 is 5.73 Å². The molecular formula is C10H9FN2. The molecule has 0 saturated carbocycles. The number of fused-ring (bicyclic) bond motifs is 1. The topological polar surface area (TPSA) is 38.9 Å². The third-order valence-corrected chi connectivity index (χ3v) is 2.08. The van der Waals surface area contributed by atoms with Gasteiger partial charge in [0.25, 0.3) is 0 Å². The van der Waals surface area contributed by atoms with E-state index in [1.54, 1.807) is 6.20 Å². The van der Waals surface area contributed by atoms with Crippen molar-refractivity contribution in [1.82, 2.24) is 4.98 Å². The number of benzene rings is 1. The van der Waals surface area contributed by atoms with Crippen LogP contribution in [0.25, 0.3) is 10.8 Å². The second-order valence-corrected chi connectivity index (χ2v) is 3.01. The molecule has 1 aromatic heterocycles. The van der Waals surface area contributed by atoms with Crippen molar-refractivity contribution < 1.29 is 4.39 Å². The minimum atomic E-state index is -0.273. The van der Waals surface area contributed by atoms with Gasteiger partial charge in [-0.3, -0.25) is 0 Å². The van der Waals surface area contributed by atoms with Crippen molar-refractivity contribution in [2.24, 2.45) is 0 Å². The Bertz CT molecular complexity index is 466. The first-order valence-electron chi connectivity index (χ1n) is 3.99. The first kappa shape index (κ1) is 7.98. The number of anilines is 1. The van der Waals surface area contributed by atoms with Gasteiger partial charge in [0.1, 0.15) is 11.6 Å². The summed E-state index contributed by atoms with van der Waals surface area (Å²) in [7, 11) is 0. The molecule has 2 nitrogen and oxygen atoms in total. The first-order chi connectivity index (χ1) is 6.18. The summed E-state index contributed by atoms with van der Waals surface area (Å²) in [5.74, 6) is 0.102. The second-order valence-electron chi connectivity index (χ2n) is 3.01. The quantitative estimate of drug-likeness (QED) is 0.668. The van der Waals surface area contributed by atoms with Crippen molar-refractivity contribution in [3.05, 3.63) is 35.8 Å². The lowest BCUT2D eigenvalue weighted by Gasteiger charge is -2.03. The van der Waals surface area contributed by atoms with Gasteiger partial charge in [-0.15, -0.1) is 0 Å². The van der Waals surface area contributed by atoms with Crippen LogP contribution in [0.15, 0.2) is 24.4 Å². The van der Waals surface area contributed by atoms with Gasteiger partial charge in [0.05, 0.1) is 0 Å². The van der Waals surface area contributed by atoms with E-state index in [2.05, 4.69) is 4.98 Å². The molecule has 13 heavy (non-hydrogen) atoms. The Morgan fingerprint density at radius 3 is 2.85 bits per heavy atom. The molecule has 0 aliphatic heterocycles. The number of halogens is 1. The molecule has 66 valence electrons. The van der Waals surface area contributed by atoms with E-state index in [1.807, 2.05) is 13.0 Å². The van der Waals surface area contributed by atoms with Gasteiger partial charge in [-0.1, -0.05) is 0 Å². The molecule has 2 N–H and O–H groups in total. The largest absolute Gasteiger partial charge is 0.383 e.